The molecule has 0 amide bonds. The predicted octanol–water partition coefficient (Wildman–Crippen LogP) is 2.09. The Hall–Kier alpha value is -1.51. The number of hydrogen-bond donors (Lipinski definition) is 0. The van der Waals surface area contributed by atoms with Crippen molar-refractivity contribution in [3.63, 3.8) is 0 Å². The summed E-state index contributed by atoms with van der Waals surface area (Å²) in [6.07, 6.45) is 0. The molecule has 0 nitrogen and oxygen atoms in total. The Morgan fingerprint density at radius 3 is 1.33 bits per heavy atom. The largest absolute Gasteiger partial charge is 1.00 e. The van der Waals surface area contributed by atoms with Crippen LogP contribution in [0.1, 0.15) is 5.56 Å². The van der Waals surface area contributed by atoms with Gasteiger partial charge in [0.05, 0.1) is 10.9 Å². The van der Waals surface area contributed by atoms with Crippen molar-refractivity contribution in [1.29, 1.82) is 0 Å². The van der Waals surface area contributed by atoms with Crippen molar-refractivity contribution in [2.24, 2.45) is 0 Å². The van der Waals surface area contributed by atoms with Crippen LogP contribution in [0.5, 0.6) is 0 Å². The molecule has 0 aliphatic carbocycles. The Morgan fingerprint density at radius 2 is 0.905 bits per heavy atom. The quantitative estimate of drug-likeness (QED) is 0.630. The lowest BCUT2D eigenvalue weighted by atomic mass is 10.2. The van der Waals surface area contributed by atoms with Crippen LogP contribution in [0.15, 0.2) is 99.6 Å². The summed E-state index contributed by atoms with van der Waals surface area (Å²) in [6, 6.07) is 30.4. The van der Waals surface area contributed by atoms with E-state index in [1.165, 1.54) is 20.2 Å². The molecule has 0 unspecified atom stereocenters. The molecule has 0 N–H and O–H groups in total. The summed E-state index contributed by atoms with van der Waals surface area (Å²) in [5.41, 5.74) is 1.30. The van der Waals surface area contributed by atoms with Crippen LogP contribution < -0.4 is 17.0 Å². The van der Waals surface area contributed by atoms with Crippen molar-refractivity contribution >= 4 is 10.9 Å². The normalized spacial score (nSPS) is 10.2. The van der Waals surface area contributed by atoms with Gasteiger partial charge in [0.1, 0.15) is 0 Å². The highest BCUT2D eigenvalue weighted by Crippen LogP contribution is 2.30. The van der Waals surface area contributed by atoms with E-state index in [4.69, 9.17) is 0 Å². The Kier molecular flexibility index (Phi) is 5.66. The Labute approximate surface area is 140 Å². The molecule has 0 aliphatic rings. The zero-order chi connectivity index (χ0) is 13.8. The summed E-state index contributed by atoms with van der Waals surface area (Å²) in [5, 5.41) is 0. The van der Waals surface area contributed by atoms with E-state index in [-0.39, 0.29) is 27.9 Å². The molecule has 2 heteroatoms. The standard InChI is InChI=1S/C19H17S.BrH/c1-16-12-14-19(15-13-16)20(17-8-4-2-5-9-17)18-10-6-3-7-11-18;/h2-15H,1H3;1H/q+1;/p-1. The first-order valence-corrected chi connectivity index (χ1v) is 7.98. The molecular formula is C19H17BrS. The van der Waals surface area contributed by atoms with Gasteiger partial charge in [0, 0.05) is 0 Å². The van der Waals surface area contributed by atoms with Gasteiger partial charge in [-0.25, -0.2) is 0 Å². The van der Waals surface area contributed by atoms with E-state index in [2.05, 4.69) is 91.9 Å². The van der Waals surface area contributed by atoms with Crippen LogP contribution in [-0.2, 0) is 10.9 Å². The van der Waals surface area contributed by atoms with E-state index in [1.807, 2.05) is 0 Å². The van der Waals surface area contributed by atoms with Gasteiger partial charge >= 0.3 is 0 Å². The molecule has 21 heavy (non-hydrogen) atoms. The van der Waals surface area contributed by atoms with Crippen molar-refractivity contribution in [3.8, 4) is 0 Å². The maximum atomic E-state index is 2.25. The minimum absolute atomic E-state index is 0. The third-order valence-corrected chi connectivity index (χ3v) is 5.45. The fraction of sp³-hybridized carbons (Fsp3) is 0.0526. The Bertz CT molecular complexity index is 623. The first-order chi connectivity index (χ1) is 9.84. The highest BCUT2D eigenvalue weighted by molar-refractivity contribution is 7.97. The number of rotatable bonds is 3. The van der Waals surface area contributed by atoms with Gasteiger partial charge in [-0.2, -0.15) is 0 Å². The molecule has 0 bridgehead atoms. The SMILES string of the molecule is Cc1ccc([S+](c2ccccc2)c2ccccc2)cc1.[Br-]. The molecule has 3 aromatic carbocycles. The molecule has 3 aromatic rings. The average molecular weight is 357 g/mol. The third-order valence-electron chi connectivity index (χ3n) is 3.21. The number of benzene rings is 3. The molecule has 106 valence electrons. The van der Waals surface area contributed by atoms with Gasteiger partial charge < -0.3 is 17.0 Å². The van der Waals surface area contributed by atoms with Crippen molar-refractivity contribution in [1.82, 2.24) is 0 Å². The molecule has 0 heterocycles. The van der Waals surface area contributed by atoms with Crippen LogP contribution in [0.3, 0.4) is 0 Å². The van der Waals surface area contributed by atoms with Gasteiger partial charge in [-0.05, 0) is 43.3 Å². The van der Waals surface area contributed by atoms with Crippen LogP contribution in [0.25, 0.3) is 0 Å². The molecule has 0 aliphatic heterocycles. The molecule has 0 radical (unpaired) electrons. The van der Waals surface area contributed by atoms with Crippen LogP contribution in [0.2, 0.25) is 0 Å². The first-order valence-electron chi connectivity index (χ1n) is 6.76. The second-order valence-electron chi connectivity index (χ2n) is 4.75. The van der Waals surface area contributed by atoms with Crippen LogP contribution in [0.4, 0.5) is 0 Å². The maximum Gasteiger partial charge on any atom is 0.166 e. The lowest BCUT2D eigenvalue weighted by Crippen LogP contribution is -3.00. The fourth-order valence-corrected chi connectivity index (χ4v) is 4.28. The summed E-state index contributed by atoms with van der Waals surface area (Å²) in [6.45, 7) is 2.13. The van der Waals surface area contributed by atoms with E-state index in [1.54, 1.807) is 0 Å². The lowest BCUT2D eigenvalue weighted by molar-refractivity contribution is -0.00000401. The summed E-state index contributed by atoms with van der Waals surface area (Å²) < 4.78 is 0. The molecular weight excluding hydrogens is 340 g/mol. The van der Waals surface area contributed by atoms with Gasteiger partial charge in [0.25, 0.3) is 0 Å². The molecule has 0 aromatic heterocycles. The summed E-state index contributed by atoms with van der Waals surface area (Å²) in [5.74, 6) is 0. The van der Waals surface area contributed by atoms with Crippen molar-refractivity contribution in [2.45, 2.75) is 21.6 Å². The zero-order valence-electron chi connectivity index (χ0n) is 11.9. The molecule has 0 saturated heterocycles. The second kappa shape index (κ2) is 7.48. The minimum atomic E-state index is -0.0229. The summed E-state index contributed by atoms with van der Waals surface area (Å²) >= 11 is 0. The minimum Gasteiger partial charge on any atom is -1.00 e. The molecule has 0 saturated carbocycles. The van der Waals surface area contributed by atoms with Crippen LogP contribution in [0, 0.1) is 6.92 Å². The van der Waals surface area contributed by atoms with Crippen LogP contribution >= 0.6 is 0 Å². The highest BCUT2D eigenvalue weighted by atomic mass is 79.9. The number of hydrogen-bond acceptors (Lipinski definition) is 0. The third kappa shape index (κ3) is 3.78. The van der Waals surface area contributed by atoms with Crippen LogP contribution in [-0.4, -0.2) is 0 Å². The van der Waals surface area contributed by atoms with E-state index >= 15 is 0 Å². The fourth-order valence-electron chi connectivity index (χ4n) is 2.20. The molecule has 0 fully saturated rings. The highest BCUT2D eigenvalue weighted by Gasteiger charge is 2.27. The summed E-state index contributed by atoms with van der Waals surface area (Å²) in [7, 11) is -0.0229. The average Bonchev–Trinajstić information content (AvgIpc) is 2.52. The molecule has 3 rings (SSSR count). The lowest BCUT2D eigenvalue weighted by Gasteiger charge is -2.07. The number of halogens is 1. The monoisotopic (exact) mass is 356 g/mol. The van der Waals surface area contributed by atoms with E-state index in [0.29, 0.717) is 0 Å². The number of aryl methyl sites for hydroxylation is 1. The van der Waals surface area contributed by atoms with E-state index in [0.717, 1.165) is 0 Å². The van der Waals surface area contributed by atoms with Gasteiger partial charge in [0.15, 0.2) is 14.7 Å². The second-order valence-corrected chi connectivity index (χ2v) is 6.77. The summed E-state index contributed by atoms with van der Waals surface area (Å²) in [4.78, 5) is 4.10. The Balaban J connectivity index is 0.00000161. The van der Waals surface area contributed by atoms with Crippen molar-refractivity contribution < 1.29 is 17.0 Å². The van der Waals surface area contributed by atoms with E-state index < -0.39 is 0 Å². The van der Waals surface area contributed by atoms with E-state index in [9.17, 15) is 0 Å². The van der Waals surface area contributed by atoms with Gasteiger partial charge in [-0.3, -0.25) is 0 Å². The molecule has 0 spiro atoms. The maximum absolute atomic E-state index is 2.25. The van der Waals surface area contributed by atoms with Gasteiger partial charge in [0.2, 0.25) is 0 Å². The topological polar surface area (TPSA) is 0 Å². The first kappa shape index (κ1) is 15.9. The Morgan fingerprint density at radius 1 is 0.524 bits per heavy atom. The predicted molar refractivity (Wildman–Crippen MR) is 86.2 cm³/mol. The zero-order valence-corrected chi connectivity index (χ0v) is 14.3. The van der Waals surface area contributed by atoms with Gasteiger partial charge in [-0.15, -0.1) is 0 Å². The van der Waals surface area contributed by atoms with Crippen molar-refractivity contribution in [3.05, 3.63) is 90.5 Å². The van der Waals surface area contributed by atoms with Crippen molar-refractivity contribution in [2.75, 3.05) is 0 Å². The molecule has 0 atom stereocenters. The van der Waals surface area contributed by atoms with Gasteiger partial charge in [-0.1, -0.05) is 54.1 Å². The smallest absolute Gasteiger partial charge is 0.166 e.